The molecule has 1 aliphatic rings. The summed E-state index contributed by atoms with van der Waals surface area (Å²) in [5.74, 6) is -0.441. The molecule has 3 rings (SSSR count). The highest BCUT2D eigenvalue weighted by atomic mass is 35.5. The molecule has 158 valence electrons. The zero-order chi connectivity index (χ0) is 21.5. The van der Waals surface area contributed by atoms with Crippen molar-refractivity contribution in [2.24, 2.45) is 0 Å². The van der Waals surface area contributed by atoms with Crippen molar-refractivity contribution in [3.63, 3.8) is 0 Å². The van der Waals surface area contributed by atoms with E-state index < -0.39 is 0 Å². The Bertz CT molecular complexity index is 892. The summed E-state index contributed by atoms with van der Waals surface area (Å²) < 4.78 is 0. The third kappa shape index (κ3) is 6.22. The monoisotopic (exact) mass is 428 g/mol. The van der Waals surface area contributed by atoms with Crippen LogP contribution in [0.5, 0.6) is 0 Å². The minimum atomic E-state index is -0.213. The Balaban J connectivity index is 1.40. The molecule has 30 heavy (non-hydrogen) atoms. The van der Waals surface area contributed by atoms with E-state index in [0.29, 0.717) is 23.8 Å². The summed E-state index contributed by atoms with van der Waals surface area (Å²) in [7, 11) is 0. The molecule has 0 spiro atoms. The number of amides is 3. The molecule has 0 radical (unpaired) electrons. The van der Waals surface area contributed by atoms with E-state index in [1.165, 1.54) is 6.92 Å². The average Bonchev–Trinajstić information content (AvgIpc) is 2.74. The SMILES string of the molecule is CC(=O)Nc1ccc(CC(=O)NCC(=O)N2CCN(c3ccc(Cl)cc3)CC2)cc1. The minimum Gasteiger partial charge on any atom is -0.368 e. The number of nitrogens with one attached hydrogen (secondary N) is 2. The second-order valence-electron chi connectivity index (χ2n) is 7.18. The Kier molecular flexibility index (Phi) is 7.30. The van der Waals surface area contributed by atoms with Gasteiger partial charge in [0.25, 0.3) is 0 Å². The van der Waals surface area contributed by atoms with Gasteiger partial charge in [0.05, 0.1) is 13.0 Å². The average molecular weight is 429 g/mol. The van der Waals surface area contributed by atoms with Crippen LogP contribution in [0.4, 0.5) is 11.4 Å². The van der Waals surface area contributed by atoms with Crippen molar-refractivity contribution >= 4 is 40.7 Å². The van der Waals surface area contributed by atoms with E-state index in [4.69, 9.17) is 11.6 Å². The fourth-order valence-corrected chi connectivity index (χ4v) is 3.44. The number of rotatable bonds is 6. The first kappa shape index (κ1) is 21.6. The van der Waals surface area contributed by atoms with Gasteiger partial charge >= 0.3 is 0 Å². The molecular formula is C22H25ClN4O3. The summed E-state index contributed by atoms with van der Waals surface area (Å²) in [5.41, 5.74) is 2.58. The van der Waals surface area contributed by atoms with Crippen LogP contribution in [-0.4, -0.2) is 55.3 Å². The van der Waals surface area contributed by atoms with Crippen LogP contribution in [0.1, 0.15) is 12.5 Å². The summed E-state index contributed by atoms with van der Waals surface area (Å²) in [6, 6.07) is 14.7. The molecule has 1 fully saturated rings. The maximum absolute atomic E-state index is 12.4. The van der Waals surface area contributed by atoms with Gasteiger partial charge in [-0.3, -0.25) is 14.4 Å². The van der Waals surface area contributed by atoms with Gasteiger partial charge in [0.2, 0.25) is 17.7 Å². The van der Waals surface area contributed by atoms with E-state index >= 15 is 0 Å². The van der Waals surface area contributed by atoms with E-state index in [0.717, 1.165) is 24.3 Å². The Morgan fingerprint density at radius 2 is 1.57 bits per heavy atom. The molecule has 7 nitrogen and oxygen atoms in total. The number of nitrogens with zero attached hydrogens (tertiary/aromatic N) is 2. The van der Waals surface area contributed by atoms with E-state index in [1.807, 2.05) is 24.3 Å². The third-order valence-electron chi connectivity index (χ3n) is 4.90. The van der Waals surface area contributed by atoms with Crippen molar-refractivity contribution in [1.29, 1.82) is 0 Å². The maximum atomic E-state index is 12.4. The largest absolute Gasteiger partial charge is 0.368 e. The number of hydrogen-bond acceptors (Lipinski definition) is 4. The molecule has 3 amide bonds. The first-order valence-corrected chi connectivity index (χ1v) is 10.2. The first-order chi connectivity index (χ1) is 14.4. The Morgan fingerprint density at radius 1 is 0.933 bits per heavy atom. The van der Waals surface area contributed by atoms with Crippen molar-refractivity contribution in [2.45, 2.75) is 13.3 Å². The molecule has 0 saturated carbocycles. The van der Waals surface area contributed by atoms with Crippen LogP contribution < -0.4 is 15.5 Å². The van der Waals surface area contributed by atoms with Crippen LogP contribution in [0.25, 0.3) is 0 Å². The second kappa shape index (κ2) is 10.1. The van der Waals surface area contributed by atoms with Gasteiger partial charge in [-0.2, -0.15) is 0 Å². The normalized spacial score (nSPS) is 13.7. The van der Waals surface area contributed by atoms with Crippen LogP contribution in [-0.2, 0) is 20.8 Å². The summed E-state index contributed by atoms with van der Waals surface area (Å²) in [5, 5.41) is 6.08. The second-order valence-corrected chi connectivity index (χ2v) is 7.61. The number of anilines is 2. The van der Waals surface area contributed by atoms with Gasteiger partial charge in [-0.15, -0.1) is 0 Å². The van der Waals surface area contributed by atoms with Crippen LogP contribution in [0.15, 0.2) is 48.5 Å². The fraction of sp³-hybridized carbons (Fsp3) is 0.318. The standard InChI is InChI=1S/C22H25ClN4O3/c1-16(28)25-19-6-2-17(3-7-19)14-21(29)24-15-22(30)27-12-10-26(11-13-27)20-8-4-18(23)5-9-20/h2-9H,10-15H2,1H3,(H,24,29)(H,25,28). The van der Waals surface area contributed by atoms with Gasteiger partial charge in [-0.25, -0.2) is 0 Å². The minimum absolute atomic E-state index is 0.0102. The van der Waals surface area contributed by atoms with Crippen molar-refractivity contribution in [2.75, 3.05) is 42.9 Å². The topological polar surface area (TPSA) is 81.8 Å². The lowest BCUT2D eigenvalue weighted by atomic mass is 10.1. The molecular weight excluding hydrogens is 404 g/mol. The van der Waals surface area contributed by atoms with Gasteiger partial charge < -0.3 is 20.4 Å². The Morgan fingerprint density at radius 3 is 2.17 bits per heavy atom. The molecule has 0 atom stereocenters. The van der Waals surface area contributed by atoms with Gasteiger partial charge in [-0.1, -0.05) is 23.7 Å². The highest BCUT2D eigenvalue weighted by molar-refractivity contribution is 6.30. The van der Waals surface area contributed by atoms with Gasteiger partial charge in [0.1, 0.15) is 0 Å². The summed E-state index contributed by atoms with van der Waals surface area (Å²) >= 11 is 5.93. The van der Waals surface area contributed by atoms with Crippen molar-refractivity contribution < 1.29 is 14.4 Å². The first-order valence-electron chi connectivity index (χ1n) is 9.82. The maximum Gasteiger partial charge on any atom is 0.242 e. The lowest BCUT2D eigenvalue weighted by Gasteiger charge is -2.36. The van der Waals surface area contributed by atoms with Crippen LogP contribution >= 0.6 is 11.6 Å². The van der Waals surface area contributed by atoms with Crippen molar-refractivity contribution in [3.05, 3.63) is 59.1 Å². The fourth-order valence-electron chi connectivity index (χ4n) is 3.31. The molecule has 0 aromatic heterocycles. The number of carbonyl (C=O) groups is 3. The lowest BCUT2D eigenvalue weighted by molar-refractivity contribution is -0.133. The number of carbonyl (C=O) groups excluding carboxylic acids is 3. The summed E-state index contributed by atoms with van der Waals surface area (Å²) in [4.78, 5) is 39.6. The Hall–Kier alpha value is -3.06. The van der Waals surface area contributed by atoms with Crippen LogP contribution in [0, 0.1) is 0 Å². The lowest BCUT2D eigenvalue weighted by Crippen LogP contribution is -2.51. The molecule has 0 aliphatic carbocycles. The van der Waals surface area contributed by atoms with Crippen molar-refractivity contribution in [3.8, 4) is 0 Å². The summed E-state index contributed by atoms with van der Waals surface area (Å²) in [6.45, 7) is 4.13. The summed E-state index contributed by atoms with van der Waals surface area (Å²) in [6.07, 6.45) is 0.179. The van der Waals surface area contributed by atoms with Gasteiger partial charge in [0, 0.05) is 49.5 Å². The molecule has 2 aromatic rings. The molecule has 0 bridgehead atoms. The van der Waals surface area contributed by atoms with Crippen LogP contribution in [0.3, 0.4) is 0 Å². The predicted octanol–water partition coefficient (Wildman–Crippen LogP) is 2.31. The predicted molar refractivity (Wildman–Crippen MR) is 118 cm³/mol. The highest BCUT2D eigenvalue weighted by Gasteiger charge is 2.21. The van der Waals surface area contributed by atoms with E-state index in [2.05, 4.69) is 15.5 Å². The Labute approximate surface area is 181 Å². The van der Waals surface area contributed by atoms with Crippen LogP contribution in [0.2, 0.25) is 5.02 Å². The van der Waals surface area contributed by atoms with Gasteiger partial charge in [-0.05, 0) is 42.0 Å². The molecule has 1 saturated heterocycles. The highest BCUT2D eigenvalue weighted by Crippen LogP contribution is 2.19. The van der Waals surface area contributed by atoms with Gasteiger partial charge in [0.15, 0.2) is 0 Å². The third-order valence-corrected chi connectivity index (χ3v) is 5.15. The molecule has 8 heteroatoms. The molecule has 1 aliphatic heterocycles. The van der Waals surface area contributed by atoms with E-state index in [-0.39, 0.29) is 30.7 Å². The quantitative estimate of drug-likeness (QED) is 0.739. The number of hydrogen-bond donors (Lipinski definition) is 2. The smallest absolute Gasteiger partial charge is 0.242 e. The number of benzene rings is 2. The van der Waals surface area contributed by atoms with Crippen molar-refractivity contribution in [1.82, 2.24) is 10.2 Å². The molecule has 1 heterocycles. The zero-order valence-corrected chi connectivity index (χ0v) is 17.6. The number of halogens is 1. The number of piperazine rings is 1. The molecule has 0 unspecified atom stereocenters. The zero-order valence-electron chi connectivity index (χ0n) is 16.9. The van der Waals surface area contributed by atoms with E-state index in [1.54, 1.807) is 29.2 Å². The molecule has 2 N–H and O–H groups in total. The molecule has 2 aromatic carbocycles. The van der Waals surface area contributed by atoms with E-state index in [9.17, 15) is 14.4 Å².